The third kappa shape index (κ3) is 1.77. The fourth-order valence-corrected chi connectivity index (χ4v) is 3.64. The second-order valence-corrected chi connectivity index (χ2v) is 6.18. The number of nitrogens with one attached hydrogen (secondary N) is 1. The maximum atomic E-state index is 3.61. The smallest absolute Gasteiger partial charge is 0.176 e. The van der Waals surface area contributed by atoms with E-state index in [0.717, 1.165) is 13.0 Å². The zero-order chi connectivity index (χ0) is 15.3. The molecule has 22 heavy (non-hydrogen) atoms. The van der Waals surface area contributed by atoms with Gasteiger partial charge in [-0.25, -0.2) is 4.57 Å². The standard InChI is InChI=1S/C20H20N2/c1-4-10-22-11-9-15-14(3)20-19(13(2)17(15)12-22)16-7-5-6-8-18(16)21-20/h5-9,11-12H,4,10H2,1-3H3/p+1. The van der Waals surface area contributed by atoms with Crippen molar-refractivity contribution in [2.45, 2.75) is 33.7 Å². The third-order valence-electron chi connectivity index (χ3n) is 4.76. The van der Waals surface area contributed by atoms with Gasteiger partial charge in [-0.2, -0.15) is 0 Å². The van der Waals surface area contributed by atoms with Crippen LogP contribution in [0.1, 0.15) is 24.5 Å². The van der Waals surface area contributed by atoms with E-state index in [4.69, 9.17) is 0 Å². The molecule has 4 rings (SSSR count). The lowest BCUT2D eigenvalue weighted by atomic mass is 9.97. The average molecular weight is 289 g/mol. The molecule has 0 fully saturated rings. The van der Waals surface area contributed by atoms with E-state index in [0.29, 0.717) is 0 Å². The largest absolute Gasteiger partial charge is 0.354 e. The van der Waals surface area contributed by atoms with Crippen molar-refractivity contribution in [1.29, 1.82) is 0 Å². The van der Waals surface area contributed by atoms with Gasteiger partial charge >= 0.3 is 0 Å². The lowest BCUT2D eigenvalue weighted by molar-refractivity contribution is -0.695. The number of pyridine rings is 1. The maximum Gasteiger partial charge on any atom is 0.176 e. The van der Waals surface area contributed by atoms with Gasteiger partial charge in [0.1, 0.15) is 6.54 Å². The van der Waals surface area contributed by atoms with Gasteiger partial charge in [-0.05, 0) is 36.4 Å². The maximum absolute atomic E-state index is 3.61. The number of para-hydroxylation sites is 1. The summed E-state index contributed by atoms with van der Waals surface area (Å²) in [6.07, 6.45) is 5.67. The van der Waals surface area contributed by atoms with Crippen LogP contribution in [-0.4, -0.2) is 4.98 Å². The molecule has 2 heteroatoms. The number of H-pyrrole nitrogens is 1. The first-order chi connectivity index (χ1) is 10.7. The highest BCUT2D eigenvalue weighted by Crippen LogP contribution is 2.35. The van der Waals surface area contributed by atoms with Crippen molar-refractivity contribution >= 4 is 32.6 Å². The number of aromatic amines is 1. The van der Waals surface area contributed by atoms with Crippen LogP contribution in [0.3, 0.4) is 0 Å². The lowest BCUT2D eigenvalue weighted by Crippen LogP contribution is -2.32. The molecule has 4 aromatic rings. The second-order valence-electron chi connectivity index (χ2n) is 6.18. The summed E-state index contributed by atoms with van der Waals surface area (Å²) in [6, 6.07) is 10.9. The van der Waals surface area contributed by atoms with Crippen LogP contribution in [0, 0.1) is 13.8 Å². The molecule has 2 aromatic heterocycles. The summed E-state index contributed by atoms with van der Waals surface area (Å²) in [5, 5.41) is 5.41. The minimum absolute atomic E-state index is 1.07. The molecule has 0 saturated heterocycles. The van der Waals surface area contributed by atoms with E-state index >= 15 is 0 Å². The zero-order valence-electron chi connectivity index (χ0n) is 13.4. The molecule has 0 spiro atoms. The first-order valence-corrected chi connectivity index (χ1v) is 8.03. The highest BCUT2D eigenvalue weighted by molar-refractivity contribution is 6.16. The second kappa shape index (κ2) is 4.84. The number of benzene rings is 2. The van der Waals surface area contributed by atoms with Crippen LogP contribution in [0.15, 0.2) is 42.7 Å². The van der Waals surface area contributed by atoms with Crippen LogP contribution in [-0.2, 0) is 6.54 Å². The monoisotopic (exact) mass is 289 g/mol. The molecule has 0 radical (unpaired) electrons. The zero-order valence-corrected chi connectivity index (χ0v) is 13.4. The Labute approximate surface area is 130 Å². The van der Waals surface area contributed by atoms with E-state index < -0.39 is 0 Å². The highest BCUT2D eigenvalue weighted by atomic mass is 14.9. The molecule has 0 aliphatic carbocycles. The van der Waals surface area contributed by atoms with Crippen molar-refractivity contribution in [2.75, 3.05) is 0 Å². The van der Waals surface area contributed by atoms with Crippen molar-refractivity contribution in [1.82, 2.24) is 4.98 Å². The van der Waals surface area contributed by atoms with Gasteiger partial charge in [-0.3, -0.25) is 0 Å². The van der Waals surface area contributed by atoms with Crippen LogP contribution in [0.5, 0.6) is 0 Å². The topological polar surface area (TPSA) is 19.7 Å². The van der Waals surface area contributed by atoms with Crippen molar-refractivity contribution in [2.24, 2.45) is 0 Å². The Morgan fingerprint density at radius 1 is 0.955 bits per heavy atom. The molecule has 0 bridgehead atoms. The van der Waals surface area contributed by atoms with Crippen LogP contribution in [0.2, 0.25) is 0 Å². The summed E-state index contributed by atoms with van der Waals surface area (Å²) < 4.78 is 2.30. The summed E-state index contributed by atoms with van der Waals surface area (Å²) >= 11 is 0. The van der Waals surface area contributed by atoms with Crippen molar-refractivity contribution in [3.05, 3.63) is 53.9 Å². The molecule has 1 N–H and O–H groups in total. The molecular weight excluding hydrogens is 268 g/mol. The molecule has 2 aromatic carbocycles. The van der Waals surface area contributed by atoms with Gasteiger partial charge in [0.05, 0.1) is 5.52 Å². The molecule has 0 atom stereocenters. The summed E-state index contributed by atoms with van der Waals surface area (Å²) in [5.41, 5.74) is 5.22. The van der Waals surface area contributed by atoms with Crippen LogP contribution >= 0.6 is 0 Å². The fourth-order valence-electron chi connectivity index (χ4n) is 3.64. The van der Waals surface area contributed by atoms with Crippen LogP contribution in [0.25, 0.3) is 32.6 Å². The molecule has 0 amide bonds. The van der Waals surface area contributed by atoms with Gasteiger partial charge in [0.15, 0.2) is 12.4 Å². The van der Waals surface area contributed by atoms with Crippen LogP contribution in [0.4, 0.5) is 0 Å². The predicted octanol–water partition coefficient (Wildman–Crippen LogP) is 4.79. The molecule has 0 unspecified atom stereocenters. The van der Waals surface area contributed by atoms with E-state index in [9.17, 15) is 0 Å². The van der Waals surface area contributed by atoms with Crippen molar-refractivity contribution in [3.63, 3.8) is 0 Å². The van der Waals surface area contributed by atoms with Gasteiger partial charge in [-0.15, -0.1) is 0 Å². The Kier molecular flexibility index (Phi) is 2.93. The van der Waals surface area contributed by atoms with E-state index in [1.165, 1.54) is 43.7 Å². The Hall–Kier alpha value is -2.35. The van der Waals surface area contributed by atoms with Gasteiger partial charge < -0.3 is 4.98 Å². The third-order valence-corrected chi connectivity index (χ3v) is 4.76. The van der Waals surface area contributed by atoms with Gasteiger partial charge in [0.2, 0.25) is 0 Å². The highest BCUT2D eigenvalue weighted by Gasteiger charge is 2.15. The van der Waals surface area contributed by atoms with E-state index in [1.54, 1.807) is 0 Å². The van der Waals surface area contributed by atoms with Gasteiger partial charge in [0.25, 0.3) is 0 Å². The summed E-state index contributed by atoms with van der Waals surface area (Å²) in [6.45, 7) is 7.77. The number of rotatable bonds is 2. The van der Waals surface area contributed by atoms with Crippen molar-refractivity contribution in [3.8, 4) is 0 Å². The van der Waals surface area contributed by atoms with Gasteiger partial charge in [0, 0.05) is 34.2 Å². The first kappa shape index (κ1) is 13.3. The minimum Gasteiger partial charge on any atom is -0.354 e. The summed E-state index contributed by atoms with van der Waals surface area (Å²) in [7, 11) is 0. The predicted molar refractivity (Wildman–Crippen MR) is 93.3 cm³/mol. The number of fused-ring (bicyclic) bond motifs is 4. The normalized spacial score (nSPS) is 11.8. The molecule has 2 heterocycles. The number of hydrogen-bond acceptors (Lipinski definition) is 0. The van der Waals surface area contributed by atoms with Crippen LogP contribution < -0.4 is 4.57 Å². The molecule has 110 valence electrons. The number of nitrogens with zero attached hydrogens (tertiary/aromatic N) is 1. The lowest BCUT2D eigenvalue weighted by Gasteiger charge is -2.08. The van der Waals surface area contributed by atoms with E-state index in [2.05, 4.69) is 73.0 Å². The minimum atomic E-state index is 1.07. The number of aromatic nitrogens is 2. The molecule has 0 aliphatic heterocycles. The quantitative estimate of drug-likeness (QED) is 0.512. The van der Waals surface area contributed by atoms with Crippen molar-refractivity contribution < 1.29 is 4.57 Å². The Morgan fingerprint density at radius 3 is 2.59 bits per heavy atom. The number of aryl methyl sites for hydroxylation is 3. The summed E-state index contributed by atoms with van der Waals surface area (Å²) in [5.74, 6) is 0. The fraction of sp³-hybridized carbons (Fsp3) is 0.250. The molecular formula is C20H21N2+. The first-order valence-electron chi connectivity index (χ1n) is 8.03. The summed E-state index contributed by atoms with van der Waals surface area (Å²) in [4.78, 5) is 3.61. The number of hydrogen-bond donors (Lipinski definition) is 1. The average Bonchev–Trinajstić information content (AvgIpc) is 2.93. The van der Waals surface area contributed by atoms with Gasteiger partial charge in [-0.1, -0.05) is 25.1 Å². The Bertz CT molecular complexity index is 1010. The Balaban J connectivity index is 2.19. The van der Waals surface area contributed by atoms with E-state index in [-0.39, 0.29) is 0 Å². The molecule has 0 aliphatic rings. The van der Waals surface area contributed by atoms with E-state index in [1.807, 2.05) is 0 Å². The SMILES string of the molecule is CCC[n+]1ccc2c(C)c3[nH]c4ccccc4c3c(C)c2c1. The Morgan fingerprint density at radius 2 is 1.77 bits per heavy atom. The molecule has 0 saturated carbocycles. The molecule has 2 nitrogen and oxygen atoms in total.